The molecule has 0 spiro atoms. The topological polar surface area (TPSA) is 27.7 Å². The summed E-state index contributed by atoms with van der Waals surface area (Å²) in [6.07, 6.45) is 0.962. The van der Waals surface area contributed by atoms with Crippen molar-refractivity contribution < 1.29 is 13.3 Å². The molecule has 108 valence electrons. The maximum Gasteiger partial charge on any atom is 0.505 e. The first-order chi connectivity index (χ1) is 9.26. The summed E-state index contributed by atoms with van der Waals surface area (Å²) in [4.78, 5) is 0. The van der Waals surface area contributed by atoms with Crippen molar-refractivity contribution in [2.24, 2.45) is 0 Å². The van der Waals surface area contributed by atoms with Crippen LogP contribution in [0.4, 0.5) is 0 Å². The van der Waals surface area contributed by atoms with Crippen LogP contribution in [0.5, 0.6) is 0 Å². The fourth-order valence-corrected chi connectivity index (χ4v) is 4.70. The van der Waals surface area contributed by atoms with E-state index in [1.807, 2.05) is 32.0 Å². The Hall–Kier alpha value is -0.203. The predicted molar refractivity (Wildman–Crippen MR) is 83.5 cm³/mol. The van der Waals surface area contributed by atoms with Gasteiger partial charge in [-0.05, 0) is 25.8 Å². The average molecular weight is 347 g/mol. The molecule has 0 aliphatic carbocycles. The van der Waals surface area contributed by atoms with Crippen molar-refractivity contribution in [3.05, 3.63) is 35.9 Å². The van der Waals surface area contributed by atoms with Crippen LogP contribution in [0.25, 0.3) is 0 Å². The van der Waals surface area contributed by atoms with Crippen LogP contribution >= 0.6 is 15.9 Å². The van der Waals surface area contributed by atoms with Crippen molar-refractivity contribution in [3.63, 3.8) is 0 Å². The van der Waals surface area contributed by atoms with E-state index in [1.165, 1.54) is 5.56 Å². The van der Waals surface area contributed by atoms with Gasteiger partial charge in [0.05, 0.1) is 0 Å². The molecule has 0 bridgehead atoms. The quantitative estimate of drug-likeness (QED) is 0.368. The normalized spacial score (nSPS) is 11.7. The van der Waals surface area contributed by atoms with Crippen molar-refractivity contribution in [3.8, 4) is 0 Å². The van der Waals surface area contributed by atoms with Gasteiger partial charge in [-0.25, -0.2) is 0 Å². The second kappa shape index (κ2) is 9.66. The second-order valence-electron chi connectivity index (χ2n) is 4.10. The molecule has 0 saturated carbocycles. The number of halogens is 1. The van der Waals surface area contributed by atoms with E-state index < -0.39 is 8.80 Å². The highest BCUT2D eigenvalue weighted by Crippen LogP contribution is 2.17. The van der Waals surface area contributed by atoms with E-state index in [9.17, 15) is 0 Å². The lowest BCUT2D eigenvalue weighted by Gasteiger charge is -2.29. The molecule has 0 aromatic heterocycles. The van der Waals surface area contributed by atoms with Crippen LogP contribution < -0.4 is 0 Å². The molecule has 0 amide bonds. The third-order valence-corrected chi connectivity index (χ3v) is 6.09. The van der Waals surface area contributed by atoms with E-state index in [-0.39, 0.29) is 0 Å². The number of benzene rings is 1. The fourth-order valence-electron chi connectivity index (χ4n) is 1.85. The maximum absolute atomic E-state index is 6.02. The summed E-state index contributed by atoms with van der Waals surface area (Å²) in [7, 11) is -2.59. The summed E-state index contributed by atoms with van der Waals surface area (Å²) < 4.78 is 17.8. The van der Waals surface area contributed by atoms with Gasteiger partial charge in [0, 0.05) is 31.2 Å². The van der Waals surface area contributed by atoms with Crippen LogP contribution in [-0.2, 0) is 19.3 Å². The first-order valence-electron chi connectivity index (χ1n) is 6.78. The summed E-state index contributed by atoms with van der Waals surface area (Å²) in [5, 5.41) is 0.932. The third-order valence-electron chi connectivity index (χ3n) is 2.59. The number of rotatable bonds is 10. The summed E-state index contributed by atoms with van der Waals surface area (Å²) in [6.45, 7) is 5.88. The second-order valence-corrected chi connectivity index (χ2v) is 7.48. The summed E-state index contributed by atoms with van der Waals surface area (Å²) in [5.74, 6) is 0. The summed E-state index contributed by atoms with van der Waals surface area (Å²) >= 11 is 3.42. The van der Waals surface area contributed by atoms with Crippen LogP contribution in [0.1, 0.15) is 25.8 Å². The highest BCUT2D eigenvalue weighted by atomic mass is 79.9. The van der Waals surface area contributed by atoms with Crippen LogP contribution in [0.3, 0.4) is 0 Å². The Bertz CT molecular complexity index is 329. The van der Waals surface area contributed by atoms with Gasteiger partial charge in [0.1, 0.15) is 0 Å². The Morgan fingerprint density at radius 2 is 1.63 bits per heavy atom. The molecular formula is C14H23BrO3Si. The maximum atomic E-state index is 6.02. The molecule has 0 heterocycles. The molecule has 0 unspecified atom stereocenters. The molecule has 0 radical (unpaired) electrons. The Kier molecular flexibility index (Phi) is 8.57. The van der Waals surface area contributed by atoms with Gasteiger partial charge in [-0.2, -0.15) is 0 Å². The molecule has 1 aromatic rings. The molecule has 0 aliphatic heterocycles. The Morgan fingerprint density at radius 1 is 1.00 bits per heavy atom. The number of hydrogen-bond donors (Lipinski definition) is 0. The zero-order valence-corrected chi connectivity index (χ0v) is 14.3. The third kappa shape index (κ3) is 6.18. The van der Waals surface area contributed by atoms with Gasteiger partial charge in [0.2, 0.25) is 0 Å². The van der Waals surface area contributed by atoms with Gasteiger partial charge in [-0.3, -0.25) is 0 Å². The summed E-state index contributed by atoms with van der Waals surface area (Å²) in [6, 6.07) is 11.0. The predicted octanol–water partition coefficient (Wildman–Crippen LogP) is 3.58. The molecule has 0 saturated heterocycles. The van der Waals surface area contributed by atoms with Crippen molar-refractivity contribution >= 4 is 24.7 Å². The van der Waals surface area contributed by atoms with Crippen LogP contribution in [0.2, 0.25) is 0 Å². The number of alkyl halides is 1. The Balaban J connectivity index is 2.75. The zero-order valence-electron chi connectivity index (χ0n) is 11.7. The van der Waals surface area contributed by atoms with Crippen LogP contribution in [0, 0.1) is 0 Å². The Labute approximate surface area is 125 Å². The van der Waals surface area contributed by atoms with E-state index in [4.69, 9.17) is 13.3 Å². The van der Waals surface area contributed by atoms with Crippen molar-refractivity contribution in [1.29, 1.82) is 0 Å². The molecule has 1 rings (SSSR count). The largest absolute Gasteiger partial charge is 0.505 e. The van der Waals surface area contributed by atoms with Gasteiger partial charge in [-0.1, -0.05) is 46.3 Å². The lowest BCUT2D eigenvalue weighted by molar-refractivity contribution is 0.0665. The van der Waals surface area contributed by atoms with Crippen LogP contribution in [-0.4, -0.2) is 34.0 Å². The molecule has 3 nitrogen and oxygen atoms in total. The Morgan fingerprint density at radius 3 is 2.16 bits per heavy atom. The monoisotopic (exact) mass is 346 g/mol. The van der Waals surface area contributed by atoms with Gasteiger partial charge < -0.3 is 13.3 Å². The van der Waals surface area contributed by atoms with Crippen molar-refractivity contribution in [1.82, 2.24) is 0 Å². The molecule has 19 heavy (non-hydrogen) atoms. The van der Waals surface area contributed by atoms with Crippen LogP contribution in [0.15, 0.2) is 30.3 Å². The zero-order chi connectivity index (χ0) is 14.0. The van der Waals surface area contributed by atoms with E-state index in [1.54, 1.807) is 0 Å². The molecule has 0 N–H and O–H groups in total. The van der Waals surface area contributed by atoms with Gasteiger partial charge in [-0.15, -0.1) is 0 Å². The minimum absolute atomic E-state index is 0.618. The van der Waals surface area contributed by atoms with E-state index >= 15 is 0 Å². The standard InChI is InChI=1S/C14H23BrO3Si/c1-3-16-19(17-4-2,18-12-8-11-15)13-14-9-6-5-7-10-14/h5-7,9-10H,3-4,8,11-13H2,1-2H3. The van der Waals surface area contributed by atoms with E-state index in [0.29, 0.717) is 19.8 Å². The lowest BCUT2D eigenvalue weighted by atomic mass is 10.2. The van der Waals surface area contributed by atoms with Gasteiger partial charge >= 0.3 is 8.80 Å². The average Bonchev–Trinajstić information content (AvgIpc) is 2.41. The highest BCUT2D eigenvalue weighted by molar-refractivity contribution is 9.09. The molecular weight excluding hydrogens is 324 g/mol. The molecule has 0 atom stereocenters. The summed E-state index contributed by atoms with van der Waals surface area (Å²) in [5.41, 5.74) is 1.20. The number of hydrogen-bond acceptors (Lipinski definition) is 3. The van der Waals surface area contributed by atoms with E-state index in [0.717, 1.165) is 17.8 Å². The molecule has 5 heteroatoms. The molecule has 0 aliphatic rings. The lowest BCUT2D eigenvalue weighted by Crippen LogP contribution is -2.49. The smallest absolute Gasteiger partial charge is 0.374 e. The van der Waals surface area contributed by atoms with Gasteiger partial charge in [0.25, 0.3) is 0 Å². The van der Waals surface area contributed by atoms with E-state index in [2.05, 4.69) is 28.1 Å². The molecule has 0 fully saturated rings. The minimum atomic E-state index is -2.59. The fraction of sp³-hybridized carbons (Fsp3) is 0.571. The van der Waals surface area contributed by atoms with Crippen molar-refractivity contribution in [2.75, 3.05) is 25.2 Å². The van der Waals surface area contributed by atoms with Crippen molar-refractivity contribution in [2.45, 2.75) is 26.3 Å². The van der Waals surface area contributed by atoms with Gasteiger partial charge in [0.15, 0.2) is 0 Å². The minimum Gasteiger partial charge on any atom is -0.374 e. The SMILES string of the molecule is CCO[Si](Cc1ccccc1)(OCC)OCCCBr. The highest BCUT2D eigenvalue weighted by Gasteiger charge is 2.40. The first-order valence-corrected chi connectivity index (χ1v) is 9.83. The first kappa shape index (κ1) is 16.9. The molecule has 1 aromatic carbocycles.